The highest BCUT2D eigenvalue weighted by molar-refractivity contribution is 5.85. The zero-order valence-electron chi connectivity index (χ0n) is 12.6. The smallest absolute Gasteiger partial charge is 0.223 e. The van der Waals surface area contributed by atoms with Crippen LogP contribution >= 0.6 is 0 Å². The summed E-state index contributed by atoms with van der Waals surface area (Å²) in [6.45, 7) is 7.38. The monoisotopic (exact) mass is 280 g/mol. The van der Waals surface area contributed by atoms with E-state index < -0.39 is 0 Å². The maximum absolute atomic E-state index is 4.59. The lowest BCUT2D eigenvalue weighted by atomic mass is 9.97. The standard InChI is InChI=1S/C17H20N4/c1-17(2,3)11-19-16-18-9-8-14(21-16)15-10-12-6-4-5-7-13(12)20-15/h4-10,20H,11H2,1-3H3,(H,18,19,21). The number of para-hydroxylation sites is 1. The molecule has 0 aliphatic rings. The summed E-state index contributed by atoms with van der Waals surface area (Å²) >= 11 is 0. The lowest BCUT2D eigenvalue weighted by Crippen LogP contribution is -2.20. The van der Waals surface area contributed by atoms with Crippen LogP contribution in [0.15, 0.2) is 42.6 Å². The van der Waals surface area contributed by atoms with Crippen molar-refractivity contribution in [2.24, 2.45) is 5.41 Å². The van der Waals surface area contributed by atoms with Gasteiger partial charge in [-0.25, -0.2) is 9.97 Å². The fourth-order valence-corrected chi connectivity index (χ4v) is 2.15. The van der Waals surface area contributed by atoms with Gasteiger partial charge in [0.15, 0.2) is 0 Å². The van der Waals surface area contributed by atoms with E-state index in [1.807, 2.05) is 18.2 Å². The van der Waals surface area contributed by atoms with Gasteiger partial charge in [0, 0.05) is 23.6 Å². The second kappa shape index (κ2) is 5.20. The first-order valence-corrected chi connectivity index (χ1v) is 7.16. The third-order valence-electron chi connectivity index (χ3n) is 3.24. The minimum Gasteiger partial charge on any atom is -0.354 e. The molecule has 0 aliphatic carbocycles. The lowest BCUT2D eigenvalue weighted by Gasteiger charge is -2.18. The van der Waals surface area contributed by atoms with Crippen LogP contribution in [0.25, 0.3) is 22.3 Å². The Bertz CT molecular complexity index is 720. The Hall–Kier alpha value is -2.36. The molecule has 2 heterocycles. The van der Waals surface area contributed by atoms with Crippen molar-refractivity contribution in [1.82, 2.24) is 15.0 Å². The summed E-state index contributed by atoms with van der Waals surface area (Å²) in [6.07, 6.45) is 1.79. The van der Waals surface area contributed by atoms with Gasteiger partial charge in [-0.1, -0.05) is 39.0 Å². The molecule has 108 valence electrons. The first-order chi connectivity index (χ1) is 10.0. The summed E-state index contributed by atoms with van der Waals surface area (Å²) in [6, 6.07) is 12.3. The quantitative estimate of drug-likeness (QED) is 0.760. The van der Waals surface area contributed by atoms with E-state index in [2.05, 4.69) is 59.2 Å². The number of anilines is 1. The van der Waals surface area contributed by atoms with E-state index >= 15 is 0 Å². The molecule has 2 aromatic heterocycles. The van der Waals surface area contributed by atoms with E-state index in [0.717, 1.165) is 23.4 Å². The van der Waals surface area contributed by atoms with Crippen LogP contribution in [0, 0.1) is 5.41 Å². The molecular formula is C17H20N4. The molecule has 4 nitrogen and oxygen atoms in total. The summed E-state index contributed by atoms with van der Waals surface area (Å²) in [5, 5.41) is 4.48. The molecule has 0 atom stereocenters. The highest BCUT2D eigenvalue weighted by atomic mass is 15.1. The van der Waals surface area contributed by atoms with Gasteiger partial charge in [-0.05, 0) is 23.6 Å². The Morgan fingerprint density at radius 1 is 1.14 bits per heavy atom. The average Bonchev–Trinajstić information content (AvgIpc) is 2.89. The van der Waals surface area contributed by atoms with Gasteiger partial charge in [-0.15, -0.1) is 0 Å². The molecule has 21 heavy (non-hydrogen) atoms. The molecule has 0 saturated heterocycles. The number of rotatable bonds is 3. The minimum atomic E-state index is 0.195. The maximum Gasteiger partial charge on any atom is 0.223 e. The first kappa shape index (κ1) is 13.6. The number of aromatic amines is 1. The van der Waals surface area contributed by atoms with Crippen LogP contribution in [-0.2, 0) is 0 Å². The molecule has 3 rings (SSSR count). The van der Waals surface area contributed by atoms with Gasteiger partial charge in [0.1, 0.15) is 0 Å². The minimum absolute atomic E-state index is 0.195. The summed E-state index contributed by atoms with van der Waals surface area (Å²) in [7, 11) is 0. The Morgan fingerprint density at radius 2 is 1.95 bits per heavy atom. The van der Waals surface area contributed by atoms with Gasteiger partial charge in [0.05, 0.1) is 11.4 Å². The van der Waals surface area contributed by atoms with Crippen molar-refractivity contribution < 1.29 is 0 Å². The summed E-state index contributed by atoms with van der Waals surface area (Å²) in [5.74, 6) is 0.668. The highest BCUT2D eigenvalue weighted by Crippen LogP contribution is 2.23. The molecule has 0 bridgehead atoms. The summed E-state index contributed by atoms with van der Waals surface area (Å²) in [5.41, 5.74) is 3.23. The van der Waals surface area contributed by atoms with Gasteiger partial charge < -0.3 is 10.3 Å². The average molecular weight is 280 g/mol. The summed E-state index contributed by atoms with van der Waals surface area (Å²) < 4.78 is 0. The zero-order chi connectivity index (χ0) is 14.9. The number of nitrogens with zero attached hydrogens (tertiary/aromatic N) is 2. The van der Waals surface area contributed by atoms with Gasteiger partial charge in [0.25, 0.3) is 0 Å². The third-order valence-corrected chi connectivity index (χ3v) is 3.24. The SMILES string of the molecule is CC(C)(C)CNc1nccc(-c2cc3ccccc3[nH]2)n1. The maximum atomic E-state index is 4.59. The number of H-pyrrole nitrogens is 1. The second-order valence-electron chi connectivity index (χ2n) is 6.45. The van der Waals surface area contributed by atoms with E-state index in [1.54, 1.807) is 6.20 Å². The van der Waals surface area contributed by atoms with Crippen LogP contribution in [0.4, 0.5) is 5.95 Å². The molecule has 4 heteroatoms. The highest BCUT2D eigenvalue weighted by Gasteiger charge is 2.11. The van der Waals surface area contributed by atoms with Crippen molar-refractivity contribution >= 4 is 16.9 Å². The Morgan fingerprint density at radius 3 is 2.71 bits per heavy atom. The predicted molar refractivity (Wildman–Crippen MR) is 87.3 cm³/mol. The van der Waals surface area contributed by atoms with Crippen LogP contribution < -0.4 is 5.32 Å². The van der Waals surface area contributed by atoms with Gasteiger partial charge in [-0.3, -0.25) is 0 Å². The molecule has 0 radical (unpaired) electrons. The normalized spacial score (nSPS) is 11.8. The van der Waals surface area contributed by atoms with Crippen molar-refractivity contribution in [2.45, 2.75) is 20.8 Å². The zero-order valence-corrected chi connectivity index (χ0v) is 12.6. The van der Waals surface area contributed by atoms with E-state index in [-0.39, 0.29) is 5.41 Å². The number of fused-ring (bicyclic) bond motifs is 1. The van der Waals surface area contributed by atoms with Gasteiger partial charge in [0.2, 0.25) is 5.95 Å². The van der Waals surface area contributed by atoms with E-state index in [1.165, 1.54) is 5.39 Å². The van der Waals surface area contributed by atoms with Crippen LogP contribution in [0.3, 0.4) is 0 Å². The molecule has 3 aromatic rings. The number of hydrogen-bond donors (Lipinski definition) is 2. The molecule has 0 fully saturated rings. The van der Waals surface area contributed by atoms with Crippen molar-refractivity contribution in [3.63, 3.8) is 0 Å². The first-order valence-electron chi connectivity index (χ1n) is 7.16. The van der Waals surface area contributed by atoms with Crippen molar-refractivity contribution in [3.05, 3.63) is 42.6 Å². The Labute approximate surface area is 124 Å². The van der Waals surface area contributed by atoms with E-state index in [0.29, 0.717) is 5.95 Å². The Balaban J connectivity index is 1.88. The van der Waals surface area contributed by atoms with E-state index in [4.69, 9.17) is 0 Å². The van der Waals surface area contributed by atoms with E-state index in [9.17, 15) is 0 Å². The fourth-order valence-electron chi connectivity index (χ4n) is 2.15. The van der Waals surface area contributed by atoms with Crippen LogP contribution in [0.2, 0.25) is 0 Å². The molecular weight excluding hydrogens is 260 g/mol. The van der Waals surface area contributed by atoms with Crippen LogP contribution in [-0.4, -0.2) is 21.5 Å². The number of benzene rings is 1. The number of aromatic nitrogens is 3. The number of nitrogens with one attached hydrogen (secondary N) is 2. The second-order valence-corrected chi connectivity index (χ2v) is 6.45. The van der Waals surface area contributed by atoms with Gasteiger partial charge in [-0.2, -0.15) is 0 Å². The fraction of sp³-hybridized carbons (Fsp3) is 0.294. The Kier molecular flexibility index (Phi) is 3.37. The van der Waals surface area contributed by atoms with Crippen LogP contribution in [0.1, 0.15) is 20.8 Å². The number of hydrogen-bond acceptors (Lipinski definition) is 3. The largest absolute Gasteiger partial charge is 0.354 e. The van der Waals surface area contributed by atoms with Crippen molar-refractivity contribution in [1.29, 1.82) is 0 Å². The summed E-state index contributed by atoms with van der Waals surface area (Å²) in [4.78, 5) is 12.3. The molecule has 0 saturated carbocycles. The molecule has 0 unspecified atom stereocenters. The lowest BCUT2D eigenvalue weighted by molar-refractivity contribution is 0.442. The topological polar surface area (TPSA) is 53.6 Å². The molecule has 2 N–H and O–H groups in total. The van der Waals surface area contributed by atoms with Crippen molar-refractivity contribution in [2.75, 3.05) is 11.9 Å². The van der Waals surface area contributed by atoms with Crippen molar-refractivity contribution in [3.8, 4) is 11.4 Å². The predicted octanol–water partition coefficient (Wildman–Crippen LogP) is 4.08. The molecule has 0 spiro atoms. The molecule has 0 amide bonds. The molecule has 1 aromatic carbocycles. The molecule has 0 aliphatic heterocycles. The van der Waals surface area contributed by atoms with Crippen LogP contribution in [0.5, 0.6) is 0 Å². The van der Waals surface area contributed by atoms with Gasteiger partial charge >= 0.3 is 0 Å². The third kappa shape index (κ3) is 3.21.